The number of hydrogen-bond donors (Lipinski definition) is 0. The van der Waals surface area contributed by atoms with Gasteiger partial charge in [0.1, 0.15) is 6.10 Å². The van der Waals surface area contributed by atoms with Crippen LogP contribution >= 0.6 is 0 Å². The Balaban J connectivity index is 2.03. The van der Waals surface area contributed by atoms with E-state index in [-0.39, 0.29) is 0 Å². The van der Waals surface area contributed by atoms with Crippen molar-refractivity contribution in [1.29, 1.82) is 0 Å². The molecule has 0 fully saturated rings. The molecule has 0 radical (unpaired) electrons. The van der Waals surface area contributed by atoms with Crippen LogP contribution in [0.25, 0.3) is 0 Å². The van der Waals surface area contributed by atoms with Crippen molar-refractivity contribution in [2.75, 3.05) is 0 Å². The zero-order chi connectivity index (χ0) is 9.71. The van der Waals surface area contributed by atoms with Gasteiger partial charge in [-0.1, -0.05) is 0 Å². The maximum absolute atomic E-state index is 5.57. The predicted octanol–water partition coefficient (Wildman–Crippen LogP) is 2.04. The lowest BCUT2D eigenvalue weighted by atomic mass is 9.82. The van der Waals surface area contributed by atoms with Gasteiger partial charge >= 0.3 is 0 Å². The van der Waals surface area contributed by atoms with Gasteiger partial charge in [-0.15, -0.1) is 0 Å². The van der Waals surface area contributed by atoms with E-state index >= 15 is 0 Å². The van der Waals surface area contributed by atoms with Crippen molar-refractivity contribution in [3.63, 3.8) is 0 Å². The first-order valence-electron chi connectivity index (χ1n) is 5.23. The van der Waals surface area contributed by atoms with Gasteiger partial charge in [0, 0.05) is 24.9 Å². The lowest BCUT2D eigenvalue weighted by Crippen LogP contribution is -2.23. The monoisotopic (exact) mass is 189 g/mol. The lowest BCUT2D eigenvalue weighted by Gasteiger charge is -2.24. The molecule has 0 unspecified atom stereocenters. The van der Waals surface area contributed by atoms with E-state index in [0.717, 1.165) is 12.8 Å². The van der Waals surface area contributed by atoms with E-state index in [4.69, 9.17) is 4.74 Å². The van der Waals surface area contributed by atoms with Gasteiger partial charge in [-0.3, -0.25) is 0 Å². The highest BCUT2D eigenvalue weighted by molar-refractivity contribution is 5.35. The van der Waals surface area contributed by atoms with E-state index in [0.29, 0.717) is 12.0 Å². The smallest absolute Gasteiger partial charge is 0.102 e. The average molecular weight is 189 g/mol. The molecule has 1 aromatic heterocycles. The standard InChI is InChI=1S/C12H15NO/c1-8-11-6-12-9(3-4-13(12)2)5-10(11)7-14-8/h3-4,7-8,11H,5-6H2,1-2H3/t8-,11-/m0/s1. The third kappa shape index (κ3) is 0.969. The summed E-state index contributed by atoms with van der Waals surface area (Å²) in [7, 11) is 2.13. The fourth-order valence-electron chi connectivity index (χ4n) is 2.63. The molecule has 0 N–H and O–H groups in total. The van der Waals surface area contributed by atoms with Crippen LogP contribution in [-0.2, 0) is 24.6 Å². The molecular weight excluding hydrogens is 174 g/mol. The van der Waals surface area contributed by atoms with E-state index in [1.54, 1.807) is 0 Å². The molecule has 0 saturated heterocycles. The van der Waals surface area contributed by atoms with Gasteiger partial charge in [0.05, 0.1) is 6.26 Å². The second kappa shape index (κ2) is 2.66. The van der Waals surface area contributed by atoms with Crippen LogP contribution in [0, 0.1) is 5.92 Å². The van der Waals surface area contributed by atoms with Crippen LogP contribution in [-0.4, -0.2) is 10.7 Å². The summed E-state index contributed by atoms with van der Waals surface area (Å²) >= 11 is 0. The third-order valence-electron chi connectivity index (χ3n) is 3.58. The van der Waals surface area contributed by atoms with E-state index in [9.17, 15) is 0 Å². The molecule has 3 rings (SSSR count). The fraction of sp³-hybridized carbons (Fsp3) is 0.500. The fourth-order valence-corrected chi connectivity index (χ4v) is 2.63. The zero-order valence-electron chi connectivity index (χ0n) is 8.66. The number of nitrogens with zero attached hydrogens (tertiary/aromatic N) is 1. The Morgan fingerprint density at radius 3 is 3.21 bits per heavy atom. The molecule has 2 heteroatoms. The van der Waals surface area contributed by atoms with Crippen molar-refractivity contribution < 1.29 is 4.74 Å². The Kier molecular flexibility index (Phi) is 1.55. The minimum atomic E-state index is 0.369. The maximum atomic E-state index is 5.57. The molecule has 1 aromatic rings. The molecule has 2 nitrogen and oxygen atoms in total. The van der Waals surface area contributed by atoms with Gasteiger partial charge < -0.3 is 9.30 Å². The Morgan fingerprint density at radius 2 is 2.36 bits per heavy atom. The second-order valence-corrected chi connectivity index (χ2v) is 4.42. The molecule has 1 aliphatic carbocycles. The Hall–Kier alpha value is -1.18. The highest BCUT2D eigenvalue weighted by atomic mass is 16.5. The summed E-state index contributed by atoms with van der Waals surface area (Å²) in [6.45, 7) is 2.17. The number of hydrogen-bond acceptors (Lipinski definition) is 1. The molecule has 2 atom stereocenters. The molecule has 0 bridgehead atoms. The first kappa shape index (κ1) is 8.16. The van der Waals surface area contributed by atoms with Crippen molar-refractivity contribution >= 4 is 0 Å². The largest absolute Gasteiger partial charge is 0.498 e. The molecular formula is C12H15NO. The summed E-state index contributed by atoms with van der Waals surface area (Å²) in [6, 6.07) is 2.23. The van der Waals surface area contributed by atoms with Gasteiger partial charge in [0.2, 0.25) is 0 Å². The van der Waals surface area contributed by atoms with Crippen LogP contribution in [0.3, 0.4) is 0 Å². The molecule has 0 spiro atoms. The van der Waals surface area contributed by atoms with Crippen LogP contribution in [0.1, 0.15) is 18.2 Å². The molecule has 0 amide bonds. The molecule has 74 valence electrons. The lowest BCUT2D eigenvalue weighted by molar-refractivity contribution is 0.149. The van der Waals surface area contributed by atoms with Crippen molar-refractivity contribution in [1.82, 2.24) is 4.57 Å². The van der Waals surface area contributed by atoms with Crippen molar-refractivity contribution in [2.24, 2.45) is 13.0 Å². The average Bonchev–Trinajstić information content (AvgIpc) is 2.71. The van der Waals surface area contributed by atoms with Crippen LogP contribution in [0.2, 0.25) is 0 Å². The van der Waals surface area contributed by atoms with E-state index in [1.807, 2.05) is 6.26 Å². The van der Waals surface area contributed by atoms with Gasteiger partial charge in [0.25, 0.3) is 0 Å². The van der Waals surface area contributed by atoms with Crippen LogP contribution in [0.15, 0.2) is 24.1 Å². The normalized spacial score (nSPS) is 29.1. The predicted molar refractivity (Wildman–Crippen MR) is 54.9 cm³/mol. The molecule has 2 aliphatic rings. The Labute approximate surface area is 84.2 Å². The Bertz CT molecular complexity index is 402. The third-order valence-corrected chi connectivity index (χ3v) is 3.58. The van der Waals surface area contributed by atoms with Crippen molar-refractivity contribution in [3.8, 4) is 0 Å². The summed E-state index contributed by atoms with van der Waals surface area (Å²) < 4.78 is 7.82. The molecule has 14 heavy (non-hydrogen) atoms. The maximum Gasteiger partial charge on any atom is 0.102 e. The zero-order valence-corrected chi connectivity index (χ0v) is 8.66. The van der Waals surface area contributed by atoms with E-state index < -0.39 is 0 Å². The SMILES string of the molecule is C[C@@H]1OC=C2Cc3ccn(C)c3C[C@H]21. The molecule has 0 saturated carbocycles. The summed E-state index contributed by atoms with van der Waals surface area (Å²) in [5.74, 6) is 0.621. The summed E-state index contributed by atoms with van der Waals surface area (Å²) in [4.78, 5) is 0. The molecule has 1 aliphatic heterocycles. The van der Waals surface area contributed by atoms with Crippen molar-refractivity contribution in [2.45, 2.75) is 25.9 Å². The van der Waals surface area contributed by atoms with Crippen LogP contribution in [0.4, 0.5) is 0 Å². The molecule has 0 aromatic carbocycles. The summed E-state index contributed by atoms with van der Waals surface area (Å²) in [6.07, 6.45) is 6.74. The quantitative estimate of drug-likeness (QED) is 0.609. The van der Waals surface area contributed by atoms with E-state index in [1.165, 1.54) is 16.8 Å². The van der Waals surface area contributed by atoms with Crippen LogP contribution in [0.5, 0.6) is 0 Å². The van der Waals surface area contributed by atoms with Crippen LogP contribution < -0.4 is 0 Å². The summed E-state index contributed by atoms with van der Waals surface area (Å²) in [5.41, 5.74) is 4.45. The van der Waals surface area contributed by atoms with Gasteiger partial charge in [0.15, 0.2) is 0 Å². The van der Waals surface area contributed by atoms with Gasteiger partial charge in [-0.2, -0.15) is 0 Å². The number of ether oxygens (including phenoxy) is 1. The van der Waals surface area contributed by atoms with Gasteiger partial charge in [-0.05, 0) is 37.0 Å². The number of aromatic nitrogens is 1. The van der Waals surface area contributed by atoms with Gasteiger partial charge in [-0.25, -0.2) is 0 Å². The highest BCUT2D eigenvalue weighted by Crippen LogP contribution is 2.36. The minimum absolute atomic E-state index is 0.369. The van der Waals surface area contributed by atoms with Crippen molar-refractivity contribution in [3.05, 3.63) is 35.4 Å². The number of aryl methyl sites for hydroxylation is 1. The highest BCUT2D eigenvalue weighted by Gasteiger charge is 2.33. The van der Waals surface area contributed by atoms with E-state index in [2.05, 4.69) is 30.8 Å². The second-order valence-electron chi connectivity index (χ2n) is 4.42. The minimum Gasteiger partial charge on any atom is -0.498 e. The first-order valence-corrected chi connectivity index (χ1v) is 5.23. The number of fused-ring (bicyclic) bond motifs is 2. The summed E-state index contributed by atoms with van der Waals surface area (Å²) in [5, 5.41) is 0. The topological polar surface area (TPSA) is 14.2 Å². The number of rotatable bonds is 0. The first-order chi connectivity index (χ1) is 6.75. The Morgan fingerprint density at radius 1 is 1.50 bits per heavy atom. The molecule has 2 heterocycles.